The van der Waals surface area contributed by atoms with Crippen LogP contribution < -0.4 is 4.90 Å². The van der Waals surface area contributed by atoms with E-state index in [1.165, 1.54) is 5.56 Å². The van der Waals surface area contributed by atoms with Crippen molar-refractivity contribution in [3.8, 4) is 0 Å². The number of carbonyl (C=O) groups excluding carboxylic acids is 1. The highest BCUT2D eigenvalue weighted by molar-refractivity contribution is 5.73. The van der Waals surface area contributed by atoms with Crippen LogP contribution >= 0.6 is 0 Å². The molecule has 1 aromatic heterocycles. The van der Waals surface area contributed by atoms with Crippen LogP contribution in [0.2, 0.25) is 0 Å². The summed E-state index contributed by atoms with van der Waals surface area (Å²) >= 11 is 0. The first-order valence-electron chi connectivity index (χ1n) is 8.08. The van der Waals surface area contributed by atoms with Crippen LogP contribution in [-0.2, 0) is 17.6 Å². The van der Waals surface area contributed by atoms with E-state index in [0.717, 1.165) is 50.5 Å². The second-order valence-corrected chi connectivity index (χ2v) is 5.84. The molecule has 0 N–H and O–H groups in total. The first-order valence-corrected chi connectivity index (χ1v) is 8.08. The SMILES string of the molecule is CC(=O)N1CCN(c2cnc(CCc3ccccc3)cn2)CC1. The summed E-state index contributed by atoms with van der Waals surface area (Å²) in [6.45, 7) is 4.77. The van der Waals surface area contributed by atoms with E-state index in [-0.39, 0.29) is 5.91 Å². The maximum Gasteiger partial charge on any atom is 0.219 e. The Morgan fingerprint density at radius 2 is 1.74 bits per heavy atom. The van der Waals surface area contributed by atoms with Gasteiger partial charge in [0.15, 0.2) is 0 Å². The van der Waals surface area contributed by atoms with Crippen molar-refractivity contribution >= 4 is 11.7 Å². The van der Waals surface area contributed by atoms with Crippen molar-refractivity contribution in [2.75, 3.05) is 31.1 Å². The van der Waals surface area contributed by atoms with Gasteiger partial charge in [0.2, 0.25) is 5.91 Å². The lowest BCUT2D eigenvalue weighted by Crippen LogP contribution is -2.48. The molecule has 0 aliphatic carbocycles. The molecule has 3 rings (SSSR count). The van der Waals surface area contributed by atoms with Crippen LogP contribution in [0, 0.1) is 0 Å². The highest BCUT2D eigenvalue weighted by Gasteiger charge is 2.19. The summed E-state index contributed by atoms with van der Waals surface area (Å²) in [6, 6.07) is 10.4. The maximum atomic E-state index is 11.4. The summed E-state index contributed by atoms with van der Waals surface area (Å²) in [5, 5.41) is 0. The second kappa shape index (κ2) is 7.22. The first-order chi connectivity index (χ1) is 11.2. The highest BCUT2D eigenvalue weighted by Crippen LogP contribution is 2.13. The van der Waals surface area contributed by atoms with Crippen molar-refractivity contribution in [3.63, 3.8) is 0 Å². The molecule has 0 bridgehead atoms. The van der Waals surface area contributed by atoms with Gasteiger partial charge in [0.1, 0.15) is 5.82 Å². The van der Waals surface area contributed by atoms with E-state index in [9.17, 15) is 4.79 Å². The smallest absolute Gasteiger partial charge is 0.219 e. The molecule has 0 unspecified atom stereocenters. The molecule has 1 amide bonds. The maximum absolute atomic E-state index is 11.4. The molecule has 2 aromatic rings. The van der Waals surface area contributed by atoms with E-state index in [0.29, 0.717) is 0 Å². The van der Waals surface area contributed by atoms with Gasteiger partial charge >= 0.3 is 0 Å². The number of aromatic nitrogens is 2. The van der Waals surface area contributed by atoms with Crippen LogP contribution in [0.25, 0.3) is 0 Å². The van der Waals surface area contributed by atoms with Gasteiger partial charge in [-0.2, -0.15) is 0 Å². The van der Waals surface area contributed by atoms with Crippen molar-refractivity contribution in [2.45, 2.75) is 19.8 Å². The Morgan fingerprint density at radius 3 is 2.35 bits per heavy atom. The molecule has 120 valence electrons. The summed E-state index contributed by atoms with van der Waals surface area (Å²) in [4.78, 5) is 24.5. The van der Waals surface area contributed by atoms with Gasteiger partial charge in [-0.1, -0.05) is 30.3 Å². The number of rotatable bonds is 4. The molecule has 1 saturated heterocycles. The van der Waals surface area contributed by atoms with Gasteiger partial charge in [-0.3, -0.25) is 9.78 Å². The number of hydrogen-bond donors (Lipinski definition) is 0. The summed E-state index contributed by atoms with van der Waals surface area (Å²) in [7, 11) is 0. The van der Waals surface area contributed by atoms with Crippen molar-refractivity contribution in [2.24, 2.45) is 0 Å². The molecule has 5 heteroatoms. The van der Waals surface area contributed by atoms with Gasteiger partial charge in [-0.05, 0) is 18.4 Å². The van der Waals surface area contributed by atoms with Crippen molar-refractivity contribution in [3.05, 3.63) is 54.0 Å². The van der Waals surface area contributed by atoms with Crippen LogP contribution in [0.5, 0.6) is 0 Å². The van der Waals surface area contributed by atoms with Crippen molar-refractivity contribution in [1.29, 1.82) is 0 Å². The van der Waals surface area contributed by atoms with Crippen LogP contribution in [0.15, 0.2) is 42.7 Å². The number of amides is 1. The van der Waals surface area contributed by atoms with Crippen LogP contribution in [0.1, 0.15) is 18.2 Å². The summed E-state index contributed by atoms with van der Waals surface area (Å²) < 4.78 is 0. The zero-order valence-electron chi connectivity index (χ0n) is 13.5. The number of nitrogens with zero attached hydrogens (tertiary/aromatic N) is 4. The molecule has 2 heterocycles. The number of anilines is 1. The predicted octanol–water partition coefficient (Wildman–Crippen LogP) is 1.93. The fourth-order valence-corrected chi connectivity index (χ4v) is 2.81. The van der Waals surface area contributed by atoms with E-state index in [4.69, 9.17) is 0 Å². The third-order valence-corrected chi connectivity index (χ3v) is 4.25. The number of carbonyl (C=O) groups is 1. The topological polar surface area (TPSA) is 49.3 Å². The second-order valence-electron chi connectivity index (χ2n) is 5.84. The van der Waals surface area contributed by atoms with E-state index < -0.39 is 0 Å². The van der Waals surface area contributed by atoms with Gasteiger partial charge < -0.3 is 9.80 Å². The van der Waals surface area contributed by atoms with Gasteiger partial charge in [-0.15, -0.1) is 0 Å². The highest BCUT2D eigenvalue weighted by atomic mass is 16.2. The fraction of sp³-hybridized carbons (Fsp3) is 0.389. The summed E-state index contributed by atoms with van der Waals surface area (Å²) in [6.07, 6.45) is 5.60. The molecule has 0 atom stereocenters. The predicted molar refractivity (Wildman–Crippen MR) is 90.3 cm³/mol. The molecule has 1 aliphatic heterocycles. The van der Waals surface area contributed by atoms with Crippen molar-refractivity contribution < 1.29 is 4.79 Å². The van der Waals surface area contributed by atoms with E-state index in [1.807, 2.05) is 23.4 Å². The lowest BCUT2D eigenvalue weighted by molar-refractivity contribution is -0.129. The molecule has 1 aromatic carbocycles. The Morgan fingerprint density at radius 1 is 1.00 bits per heavy atom. The van der Waals surface area contributed by atoms with E-state index in [1.54, 1.807) is 6.92 Å². The normalized spacial score (nSPS) is 14.8. The Balaban J connectivity index is 1.54. The number of aryl methyl sites for hydroxylation is 2. The number of hydrogen-bond acceptors (Lipinski definition) is 4. The molecule has 5 nitrogen and oxygen atoms in total. The molecular weight excluding hydrogens is 288 g/mol. The molecule has 1 aliphatic rings. The largest absolute Gasteiger partial charge is 0.352 e. The van der Waals surface area contributed by atoms with Gasteiger partial charge in [-0.25, -0.2) is 4.98 Å². The minimum absolute atomic E-state index is 0.145. The Kier molecular flexibility index (Phi) is 4.86. The van der Waals surface area contributed by atoms with Crippen molar-refractivity contribution in [1.82, 2.24) is 14.9 Å². The van der Waals surface area contributed by atoms with Gasteiger partial charge in [0, 0.05) is 33.1 Å². The standard InChI is InChI=1S/C18H22N4O/c1-15(23)21-9-11-22(12-10-21)18-14-19-17(13-20-18)8-7-16-5-3-2-4-6-16/h2-6,13-14H,7-12H2,1H3. The van der Waals surface area contributed by atoms with Crippen LogP contribution in [0.3, 0.4) is 0 Å². The third-order valence-electron chi connectivity index (χ3n) is 4.25. The molecule has 1 fully saturated rings. The molecule has 0 radical (unpaired) electrons. The number of benzene rings is 1. The average Bonchev–Trinajstić information content (AvgIpc) is 2.61. The monoisotopic (exact) mass is 310 g/mol. The Hall–Kier alpha value is -2.43. The Bertz CT molecular complexity index is 634. The van der Waals surface area contributed by atoms with E-state index >= 15 is 0 Å². The quantitative estimate of drug-likeness (QED) is 0.866. The minimum Gasteiger partial charge on any atom is -0.352 e. The summed E-state index contributed by atoms with van der Waals surface area (Å²) in [5.41, 5.74) is 2.33. The zero-order valence-corrected chi connectivity index (χ0v) is 13.5. The minimum atomic E-state index is 0.145. The summed E-state index contributed by atoms with van der Waals surface area (Å²) in [5.74, 6) is 1.05. The fourth-order valence-electron chi connectivity index (χ4n) is 2.81. The van der Waals surface area contributed by atoms with Gasteiger partial charge in [0.25, 0.3) is 0 Å². The Labute approximate surface area is 137 Å². The molecule has 0 spiro atoms. The lowest BCUT2D eigenvalue weighted by Gasteiger charge is -2.34. The third kappa shape index (κ3) is 4.06. The molecule has 0 saturated carbocycles. The van der Waals surface area contributed by atoms with E-state index in [2.05, 4.69) is 39.1 Å². The van der Waals surface area contributed by atoms with Crippen LogP contribution in [0.4, 0.5) is 5.82 Å². The zero-order chi connectivity index (χ0) is 16.1. The number of piperazine rings is 1. The lowest BCUT2D eigenvalue weighted by atomic mass is 10.1. The first kappa shape index (κ1) is 15.5. The molecule has 23 heavy (non-hydrogen) atoms. The van der Waals surface area contributed by atoms with Gasteiger partial charge in [0.05, 0.1) is 18.1 Å². The van der Waals surface area contributed by atoms with Crippen LogP contribution in [-0.4, -0.2) is 47.0 Å². The average molecular weight is 310 g/mol. The molecular formula is C18H22N4O.